The van der Waals surface area contributed by atoms with Crippen molar-refractivity contribution in [3.05, 3.63) is 81.3 Å². The van der Waals surface area contributed by atoms with Crippen LogP contribution in [0.1, 0.15) is 41.3 Å². The Kier molecular flexibility index (Phi) is 5.68. The van der Waals surface area contributed by atoms with Crippen LogP contribution >= 0.6 is 24.4 Å². The number of Topliss-reactive ketones (excluding diaryl/α,β-unsaturated/α-hetero) is 1. The van der Waals surface area contributed by atoms with Gasteiger partial charge in [0.15, 0.2) is 15.3 Å². The van der Waals surface area contributed by atoms with Crippen molar-refractivity contribution in [2.24, 2.45) is 0 Å². The maximum atomic E-state index is 13.7. The lowest BCUT2D eigenvalue weighted by atomic mass is 9.85. The minimum absolute atomic E-state index is 0.0428. The zero-order valence-electron chi connectivity index (χ0n) is 17.4. The van der Waals surface area contributed by atoms with Crippen molar-refractivity contribution in [2.45, 2.75) is 32.9 Å². The second-order valence-corrected chi connectivity index (χ2v) is 7.92. The molecule has 170 valence electrons. The van der Waals surface area contributed by atoms with Gasteiger partial charge >= 0.3 is 0 Å². The topological polar surface area (TPSA) is 145 Å². The molecule has 0 amide bonds. The van der Waals surface area contributed by atoms with Gasteiger partial charge in [-0.05, 0) is 50.4 Å². The number of nitrogens with one attached hydrogen (secondary N) is 2. The number of benzene rings is 1. The number of H-pyrrole nitrogens is 2. The zero-order chi connectivity index (χ0) is 24.0. The van der Waals surface area contributed by atoms with Crippen molar-refractivity contribution >= 4 is 35.9 Å². The molecule has 1 aliphatic heterocycles. The number of ketones is 1. The maximum Gasteiger partial charge on any atom is 0.269 e. The predicted octanol–water partition coefficient (Wildman–Crippen LogP) is 3.19. The fourth-order valence-corrected chi connectivity index (χ4v) is 4.46. The lowest BCUT2D eigenvalue weighted by Gasteiger charge is -2.29. The van der Waals surface area contributed by atoms with E-state index in [1.807, 2.05) is 0 Å². The Morgan fingerprint density at radius 1 is 1.00 bits per heavy atom. The number of carbonyl (C=O) groups excluding carboxylic acids is 1. The smallest absolute Gasteiger partial charge is 0.269 e. The summed E-state index contributed by atoms with van der Waals surface area (Å²) in [4.78, 5) is 55.1. The number of nitro benzene ring substituents is 1. The number of aromatic amines is 2. The Morgan fingerprint density at radius 2 is 1.45 bits per heavy atom. The standard InChI is InChI=1S/C20H17N5O6S2/c1-3-23-17-12(15(27)21-19(23)32)11(14(26)9-5-7-10(8-6-9)25(29)30)13-16(28)22-20(33)24(4-2)18(13)31-17/h5-8,11H,3-4H2,1-2H3,(H,21,27,32)(H,22,28,33). The fourth-order valence-electron chi connectivity index (χ4n) is 3.85. The monoisotopic (exact) mass is 487 g/mol. The van der Waals surface area contributed by atoms with E-state index in [4.69, 9.17) is 29.2 Å². The van der Waals surface area contributed by atoms with E-state index in [-0.39, 0.29) is 43.7 Å². The van der Waals surface area contributed by atoms with Gasteiger partial charge in [0.2, 0.25) is 11.8 Å². The summed E-state index contributed by atoms with van der Waals surface area (Å²) in [7, 11) is 0. The first kappa shape index (κ1) is 22.5. The van der Waals surface area contributed by atoms with Crippen molar-refractivity contribution in [1.82, 2.24) is 19.1 Å². The summed E-state index contributed by atoms with van der Waals surface area (Å²) in [6.07, 6.45) is 0. The van der Waals surface area contributed by atoms with E-state index < -0.39 is 27.7 Å². The van der Waals surface area contributed by atoms with E-state index in [1.165, 1.54) is 33.4 Å². The Bertz CT molecular complexity index is 1470. The number of hydrogen-bond acceptors (Lipinski definition) is 8. The van der Waals surface area contributed by atoms with E-state index in [2.05, 4.69) is 9.97 Å². The number of carbonyl (C=O) groups is 1. The third-order valence-electron chi connectivity index (χ3n) is 5.40. The molecule has 0 saturated carbocycles. The zero-order valence-corrected chi connectivity index (χ0v) is 19.0. The molecule has 0 bridgehead atoms. The Balaban J connectivity index is 2.07. The van der Waals surface area contributed by atoms with Crippen LogP contribution in [-0.2, 0) is 13.1 Å². The number of fused-ring (bicyclic) bond motifs is 2. The molecule has 0 saturated heterocycles. The van der Waals surface area contributed by atoms with Crippen molar-refractivity contribution in [1.29, 1.82) is 0 Å². The van der Waals surface area contributed by atoms with Crippen molar-refractivity contribution in [3.63, 3.8) is 0 Å². The summed E-state index contributed by atoms with van der Waals surface area (Å²) in [5.41, 5.74) is -1.61. The van der Waals surface area contributed by atoms with Crippen LogP contribution in [0.25, 0.3) is 0 Å². The first-order valence-electron chi connectivity index (χ1n) is 9.90. The van der Waals surface area contributed by atoms with Gasteiger partial charge in [-0.2, -0.15) is 0 Å². The molecule has 4 rings (SSSR count). The molecular formula is C20H17N5O6S2. The molecule has 3 aromatic rings. The van der Waals surface area contributed by atoms with Crippen LogP contribution in [-0.4, -0.2) is 29.8 Å². The summed E-state index contributed by atoms with van der Waals surface area (Å²) in [6, 6.07) is 4.92. The van der Waals surface area contributed by atoms with Gasteiger partial charge in [-0.1, -0.05) is 0 Å². The van der Waals surface area contributed by atoms with E-state index in [0.29, 0.717) is 13.1 Å². The minimum atomic E-state index is -1.35. The van der Waals surface area contributed by atoms with Gasteiger partial charge < -0.3 is 4.74 Å². The average Bonchev–Trinajstić information content (AvgIpc) is 2.77. The van der Waals surface area contributed by atoms with Crippen molar-refractivity contribution < 1.29 is 14.5 Å². The van der Waals surface area contributed by atoms with Gasteiger partial charge in [0.1, 0.15) is 0 Å². The molecule has 11 nitrogen and oxygen atoms in total. The van der Waals surface area contributed by atoms with Gasteiger partial charge in [-0.25, -0.2) is 0 Å². The van der Waals surface area contributed by atoms with Crippen molar-refractivity contribution in [3.8, 4) is 11.8 Å². The molecule has 0 atom stereocenters. The van der Waals surface area contributed by atoms with Gasteiger partial charge in [0.25, 0.3) is 16.8 Å². The molecule has 0 unspecified atom stereocenters. The molecule has 1 aromatic carbocycles. The van der Waals surface area contributed by atoms with Gasteiger partial charge in [0.05, 0.1) is 22.0 Å². The van der Waals surface area contributed by atoms with E-state index in [9.17, 15) is 24.5 Å². The third-order valence-corrected chi connectivity index (χ3v) is 6.04. The molecule has 1 aliphatic rings. The molecule has 0 aliphatic carbocycles. The van der Waals surface area contributed by atoms with Crippen LogP contribution in [0.2, 0.25) is 0 Å². The molecule has 2 aromatic heterocycles. The number of nitro groups is 1. The second kappa shape index (κ2) is 8.33. The molecule has 13 heteroatoms. The normalized spacial score (nSPS) is 12.5. The highest BCUT2D eigenvalue weighted by atomic mass is 32.1. The van der Waals surface area contributed by atoms with E-state index >= 15 is 0 Å². The van der Waals surface area contributed by atoms with E-state index in [1.54, 1.807) is 13.8 Å². The van der Waals surface area contributed by atoms with Crippen LogP contribution in [0, 0.1) is 19.7 Å². The Hall–Kier alpha value is -3.71. The quantitative estimate of drug-likeness (QED) is 0.242. The number of non-ortho nitro benzene ring substituents is 1. The molecule has 2 N–H and O–H groups in total. The van der Waals surface area contributed by atoms with Crippen LogP contribution < -0.4 is 15.9 Å². The number of ether oxygens (including phenoxy) is 1. The first-order chi connectivity index (χ1) is 15.7. The SMILES string of the molecule is CCn1c2c(c(=O)[nH]c1=S)C(C(=O)c1ccc([N+](=O)[O-])cc1)c1c(n(CC)c(=S)[nH]c1=O)O2. The second-order valence-electron chi connectivity index (χ2n) is 7.15. The lowest BCUT2D eigenvalue weighted by Crippen LogP contribution is -2.36. The largest absolute Gasteiger partial charge is 0.423 e. The van der Waals surface area contributed by atoms with Crippen LogP contribution in [0.4, 0.5) is 5.69 Å². The molecule has 0 fully saturated rings. The molecular weight excluding hydrogens is 470 g/mol. The highest BCUT2D eigenvalue weighted by Gasteiger charge is 2.41. The van der Waals surface area contributed by atoms with E-state index in [0.717, 1.165) is 0 Å². The molecule has 3 heterocycles. The third kappa shape index (κ3) is 3.54. The number of hydrogen-bond donors (Lipinski definition) is 2. The summed E-state index contributed by atoms with van der Waals surface area (Å²) >= 11 is 10.5. The van der Waals surface area contributed by atoms with Crippen LogP contribution in [0.5, 0.6) is 11.8 Å². The molecule has 33 heavy (non-hydrogen) atoms. The highest BCUT2D eigenvalue weighted by Crippen LogP contribution is 2.42. The summed E-state index contributed by atoms with van der Waals surface area (Å²) in [5.74, 6) is -1.87. The highest BCUT2D eigenvalue weighted by molar-refractivity contribution is 7.71. The fraction of sp³-hybridized carbons (Fsp3) is 0.250. The predicted molar refractivity (Wildman–Crippen MR) is 122 cm³/mol. The average molecular weight is 488 g/mol. The minimum Gasteiger partial charge on any atom is -0.423 e. The summed E-state index contributed by atoms with van der Waals surface area (Å²) in [6.45, 7) is 4.21. The van der Waals surface area contributed by atoms with Gasteiger partial charge in [-0.3, -0.25) is 43.6 Å². The van der Waals surface area contributed by atoms with Gasteiger partial charge in [0, 0.05) is 30.8 Å². The Labute approximate surface area is 195 Å². The first-order valence-corrected chi connectivity index (χ1v) is 10.7. The maximum absolute atomic E-state index is 13.7. The molecule has 0 radical (unpaired) electrons. The molecule has 0 spiro atoms. The van der Waals surface area contributed by atoms with Gasteiger partial charge in [-0.15, -0.1) is 0 Å². The summed E-state index contributed by atoms with van der Waals surface area (Å²) in [5, 5.41) is 11.0. The van der Waals surface area contributed by atoms with Crippen LogP contribution in [0.15, 0.2) is 33.9 Å². The number of nitrogens with zero attached hydrogens (tertiary/aromatic N) is 3. The number of rotatable bonds is 5. The summed E-state index contributed by atoms with van der Waals surface area (Å²) < 4.78 is 9.23. The Morgan fingerprint density at radius 3 is 1.85 bits per heavy atom. The van der Waals surface area contributed by atoms with Crippen molar-refractivity contribution in [2.75, 3.05) is 0 Å². The van der Waals surface area contributed by atoms with Crippen LogP contribution in [0.3, 0.4) is 0 Å². The number of aromatic nitrogens is 4. The lowest BCUT2D eigenvalue weighted by molar-refractivity contribution is -0.384.